The van der Waals surface area contributed by atoms with Crippen LogP contribution in [0.1, 0.15) is 92.4 Å². The van der Waals surface area contributed by atoms with Gasteiger partial charge in [-0.25, -0.2) is 0 Å². The highest BCUT2D eigenvalue weighted by atomic mass is 16.6. The Hall–Kier alpha value is -0.560. The Morgan fingerprint density at radius 1 is 0.931 bits per heavy atom. The summed E-state index contributed by atoms with van der Waals surface area (Å²) in [5.74, 6) is 4.81. The van der Waals surface area contributed by atoms with Gasteiger partial charge in [0, 0.05) is 5.92 Å². The molecule has 5 rings (SSSR count). The average Bonchev–Trinajstić information content (AvgIpc) is 3.35. The highest BCUT2D eigenvalue weighted by Crippen LogP contribution is 2.66. The smallest absolute Gasteiger partial charge is 0.0948 e. The summed E-state index contributed by atoms with van der Waals surface area (Å²) in [7, 11) is 0. The van der Waals surface area contributed by atoms with Crippen LogP contribution in [0.4, 0.5) is 0 Å². The number of epoxide rings is 1. The van der Waals surface area contributed by atoms with Gasteiger partial charge in [0.05, 0.1) is 12.2 Å². The van der Waals surface area contributed by atoms with Crippen LogP contribution in [-0.2, 0) is 4.74 Å². The van der Waals surface area contributed by atoms with E-state index >= 15 is 0 Å². The summed E-state index contributed by atoms with van der Waals surface area (Å²) in [5.41, 5.74) is 3.18. The Morgan fingerprint density at radius 2 is 1.69 bits per heavy atom. The summed E-state index contributed by atoms with van der Waals surface area (Å²) in [6.07, 6.45) is 20.9. The molecule has 4 aliphatic carbocycles. The molecule has 4 fully saturated rings. The van der Waals surface area contributed by atoms with E-state index in [1.54, 1.807) is 0 Å². The van der Waals surface area contributed by atoms with Crippen molar-refractivity contribution in [2.45, 2.75) is 98.0 Å². The lowest BCUT2D eigenvalue weighted by Gasteiger charge is -2.57. The highest BCUT2D eigenvalue weighted by molar-refractivity contribution is 5.28. The topological polar surface area (TPSA) is 12.5 Å². The van der Waals surface area contributed by atoms with Crippen molar-refractivity contribution < 1.29 is 4.74 Å². The molecule has 2 unspecified atom stereocenters. The zero-order valence-corrected chi connectivity index (χ0v) is 19.7. The van der Waals surface area contributed by atoms with Gasteiger partial charge in [-0.1, -0.05) is 64.3 Å². The fourth-order valence-electron chi connectivity index (χ4n) is 8.51. The summed E-state index contributed by atoms with van der Waals surface area (Å²) in [4.78, 5) is 0. The second kappa shape index (κ2) is 6.98. The minimum Gasteiger partial charge on any atom is -0.369 e. The van der Waals surface area contributed by atoms with Crippen molar-refractivity contribution in [3.63, 3.8) is 0 Å². The van der Waals surface area contributed by atoms with Gasteiger partial charge < -0.3 is 4.74 Å². The SMILES string of the molecule is C[C@H](C=C[C@@H](C)C1(C)CO1)[C@H]1CC[C@H]2C3=CCC4CCCC[C@]4(C)[C@H]3CC[C@]12C. The maximum Gasteiger partial charge on any atom is 0.0948 e. The van der Waals surface area contributed by atoms with Crippen LogP contribution in [0.2, 0.25) is 0 Å². The van der Waals surface area contributed by atoms with E-state index in [1.807, 2.05) is 5.57 Å². The van der Waals surface area contributed by atoms with Crippen LogP contribution >= 0.6 is 0 Å². The molecule has 1 heterocycles. The monoisotopic (exact) mass is 396 g/mol. The molecule has 1 saturated heterocycles. The Balaban J connectivity index is 1.35. The van der Waals surface area contributed by atoms with Gasteiger partial charge in [-0.2, -0.15) is 0 Å². The Labute approximate surface area is 179 Å². The van der Waals surface area contributed by atoms with E-state index < -0.39 is 0 Å². The lowest BCUT2D eigenvalue weighted by molar-refractivity contribution is -0.00481. The van der Waals surface area contributed by atoms with Crippen molar-refractivity contribution in [3.8, 4) is 0 Å². The molecule has 1 heteroatoms. The predicted octanol–water partition coefficient (Wildman–Crippen LogP) is 7.57. The van der Waals surface area contributed by atoms with E-state index in [4.69, 9.17) is 4.74 Å². The van der Waals surface area contributed by atoms with Crippen LogP contribution in [0.3, 0.4) is 0 Å². The summed E-state index contributed by atoms with van der Waals surface area (Å²) in [6.45, 7) is 13.4. The van der Waals surface area contributed by atoms with Crippen LogP contribution in [0.15, 0.2) is 23.8 Å². The van der Waals surface area contributed by atoms with Crippen LogP contribution in [-0.4, -0.2) is 12.2 Å². The van der Waals surface area contributed by atoms with Gasteiger partial charge in [0.25, 0.3) is 0 Å². The van der Waals surface area contributed by atoms with Crippen LogP contribution < -0.4 is 0 Å². The first-order valence-electron chi connectivity index (χ1n) is 12.8. The van der Waals surface area contributed by atoms with E-state index in [0.717, 1.165) is 30.3 Å². The molecule has 1 aliphatic heterocycles. The molecule has 0 radical (unpaired) electrons. The van der Waals surface area contributed by atoms with Crippen molar-refractivity contribution in [2.75, 3.05) is 6.61 Å². The third kappa shape index (κ3) is 3.12. The van der Waals surface area contributed by atoms with E-state index in [2.05, 4.69) is 52.8 Å². The number of hydrogen-bond acceptors (Lipinski definition) is 1. The van der Waals surface area contributed by atoms with E-state index in [9.17, 15) is 0 Å². The average molecular weight is 397 g/mol. The molecular weight excluding hydrogens is 352 g/mol. The zero-order chi connectivity index (χ0) is 20.4. The van der Waals surface area contributed by atoms with Crippen LogP contribution in [0.25, 0.3) is 0 Å². The first-order valence-corrected chi connectivity index (χ1v) is 12.8. The Kier molecular flexibility index (Phi) is 4.89. The molecule has 5 aliphatic rings. The standard InChI is InChI=1S/C28H44O/c1-19(9-10-20(2)28(5)18-29-28)23-13-14-24-22-12-11-21-8-6-7-16-26(21,3)25(22)15-17-27(23,24)4/h9-10,12,19-21,23-25H,6-8,11,13-18H2,1-5H3/t19-,20-,21?,23-,24+,25+,26+,27-,28?/m1/s1. The van der Waals surface area contributed by atoms with E-state index in [-0.39, 0.29) is 5.60 Å². The molecule has 0 aromatic heterocycles. The van der Waals surface area contributed by atoms with Gasteiger partial charge >= 0.3 is 0 Å². The quantitative estimate of drug-likeness (QED) is 0.352. The third-order valence-electron chi connectivity index (χ3n) is 11.0. The zero-order valence-electron chi connectivity index (χ0n) is 19.7. The molecule has 3 saturated carbocycles. The van der Waals surface area contributed by atoms with Crippen molar-refractivity contribution in [1.82, 2.24) is 0 Å². The summed E-state index contributed by atoms with van der Waals surface area (Å²) in [5, 5.41) is 0. The van der Waals surface area contributed by atoms with Crippen molar-refractivity contribution in [2.24, 2.45) is 46.3 Å². The summed E-state index contributed by atoms with van der Waals surface area (Å²) < 4.78 is 5.67. The van der Waals surface area contributed by atoms with Crippen molar-refractivity contribution >= 4 is 0 Å². The first kappa shape index (κ1) is 20.3. The van der Waals surface area contributed by atoms with Crippen LogP contribution in [0, 0.1) is 46.3 Å². The molecule has 0 bridgehead atoms. The molecule has 0 spiro atoms. The molecule has 162 valence electrons. The predicted molar refractivity (Wildman–Crippen MR) is 122 cm³/mol. The molecule has 0 aromatic rings. The number of rotatable bonds is 4. The van der Waals surface area contributed by atoms with Gasteiger partial charge in [0.1, 0.15) is 0 Å². The molecule has 0 N–H and O–H groups in total. The molecule has 0 aromatic carbocycles. The maximum atomic E-state index is 5.67. The fourth-order valence-corrected chi connectivity index (χ4v) is 8.51. The fraction of sp³-hybridized carbons (Fsp3) is 0.857. The Bertz CT molecular complexity index is 699. The molecule has 29 heavy (non-hydrogen) atoms. The largest absolute Gasteiger partial charge is 0.369 e. The second-order valence-corrected chi connectivity index (χ2v) is 12.4. The minimum absolute atomic E-state index is 0.120. The lowest BCUT2D eigenvalue weighted by Crippen LogP contribution is -2.48. The number of ether oxygens (including phenoxy) is 1. The molecule has 0 amide bonds. The molecule has 1 nitrogen and oxygen atoms in total. The number of allylic oxidation sites excluding steroid dienone is 3. The normalized spacial score (nSPS) is 51.0. The summed E-state index contributed by atoms with van der Waals surface area (Å²) in [6, 6.07) is 0. The van der Waals surface area contributed by atoms with Crippen molar-refractivity contribution in [3.05, 3.63) is 23.8 Å². The van der Waals surface area contributed by atoms with Gasteiger partial charge in [-0.3, -0.25) is 0 Å². The minimum atomic E-state index is 0.120. The number of fused-ring (bicyclic) bond motifs is 5. The van der Waals surface area contributed by atoms with Gasteiger partial charge in [0.15, 0.2) is 0 Å². The maximum absolute atomic E-state index is 5.67. The van der Waals surface area contributed by atoms with Gasteiger partial charge in [0.2, 0.25) is 0 Å². The van der Waals surface area contributed by atoms with Gasteiger partial charge in [-0.05, 0) is 92.3 Å². The molecular formula is C28H44O. The Morgan fingerprint density at radius 3 is 2.45 bits per heavy atom. The first-order chi connectivity index (χ1) is 13.8. The van der Waals surface area contributed by atoms with Gasteiger partial charge in [-0.15, -0.1) is 0 Å². The molecule has 9 atom stereocenters. The van der Waals surface area contributed by atoms with E-state index in [0.29, 0.717) is 22.7 Å². The number of hydrogen-bond donors (Lipinski definition) is 0. The van der Waals surface area contributed by atoms with E-state index in [1.165, 1.54) is 57.8 Å². The highest BCUT2D eigenvalue weighted by Gasteiger charge is 2.57. The third-order valence-corrected chi connectivity index (χ3v) is 11.0. The van der Waals surface area contributed by atoms with Crippen molar-refractivity contribution in [1.29, 1.82) is 0 Å². The van der Waals surface area contributed by atoms with Crippen LogP contribution in [0.5, 0.6) is 0 Å². The summed E-state index contributed by atoms with van der Waals surface area (Å²) >= 11 is 0. The lowest BCUT2D eigenvalue weighted by atomic mass is 9.48. The second-order valence-electron chi connectivity index (χ2n) is 12.4.